The van der Waals surface area contributed by atoms with Crippen LogP contribution in [0, 0.1) is 0 Å². The summed E-state index contributed by atoms with van der Waals surface area (Å²) in [7, 11) is 0. The van der Waals surface area contributed by atoms with Crippen LogP contribution >= 0.6 is 0 Å². The maximum atomic E-state index is 6.36. The molecule has 0 amide bonds. The van der Waals surface area contributed by atoms with Gasteiger partial charge in [-0.05, 0) is 34.4 Å². The summed E-state index contributed by atoms with van der Waals surface area (Å²) in [6.07, 6.45) is 1.02. The highest BCUT2D eigenvalue weighted by Crippen LogP contribution is 2.35. The highest BCUT2D eigenvalue weighted by atomic mass is 16.5. The van der Waals surface area contributed by atoms with Crippen molar-refractivity contribution in [2.75, 3.05) is 0 Å². The van der Waals surface area contributed by atoms with Crippen LogP contribution in [0.15, 0.2) is 78.9 Å². The van der Waals surface area contributed by atoms with Crippen LogP contribution in [0.4, 0.5) is 0 Å². The maximum absolute atomic E-state index is 6.36. The zero-order valence-corrected chi connectivity index (χ0v) is 13.8. The third-order valence-corrected chi connectivity index (χ3v) is 4.59. The molecular formula is C23H20O. The molecule has 0 aliphatic heterocycles. The van der Waals surface area contributed by atoms with Gasteiger partial charge in [0, 0.05) is 10.8 Å². The van der Waals surface area contributed by atoms with Crippen LogP contribution in [0.25, 0.3) is 21.5 Å². The standard InChI is InChI=1S/C23H20O/c1-2-17-9-3-4-12-20(17)16-24-23-21-13-7-5-10-18(21)15-19-11-6-8-14-22(19)23/h3-15H,2,16H2,1H3. The van der Waals surface area contributed by atoms with Gasteiger partial charge >= 0.3 is 0 Å². The molecule has 0 atom stereocenters. The summed E-state index contributed by atoms with van der Waals surface area (Å²) in [5, 5.41) is 4.78. The van der Waals surface area contributed by atoms with E-state index in [1.54, 1.807) is 0 Å². The normalized spacial score (nSPS) is 11.0. The fraction of sp³-hybridized carbons (Fsp3) is 0.130. The molecule has 0 aliphatic carbocycles. The summed E-state index contributed by atoms with van der Waals surface area (Å²) in [6, 6.07) is 27.6. The number of rotatable bonds is 4. The van der Waals surface area contributed by atoms with Gasteiger partial charge in [0.15, 0.2) is 0 Å². The van der Waals surface area contributed by atoms with Crippen molar-refractivity contribution >= 4 is 21.5 Å². The van der Waals surface area contributed by atoms with Gasteiger partial charge in [0.2, 0.25) is 0 Å². The highest BCUT2D eigenvalue weighted by molar-refractivity contribution is 6.05. The van der Waals surface area contributed by atoms with Gasteiger partial charge in [-0.15, -0.1) is 0 Å². The quantitative estimate of drug-likeness (QED) is 0.412. The van der Waals surface area contributed by atoms with Crippen molar-refractivity contribution in [3.8, 4) is 5.75 Å². The molecule has 0 fully saturated rings. The summed E-state index contributed by atoms with van der Waals surface area (Å²) in [4.78, 5) is 0. The third kappa shape index (κ3) is 2.63. The molecule has 0 unspecified atom stereocenters. The summed E-state index contributed by atoms with van der Waals surface area (Å²) in [5.41, 5.74) is 2.61. The molecule has 1 heteroatoms. The van der Waals surface area contributed by atoms with E-state index in [0.717, 1.165) is 12.2 Å². The Bertz CT molecular complexity index is 947. The van der Waals surface area contributed by atoms with Gasteiger partial charge < -0.3 is 4.74 Å². The van der Waals surface area contributed by atoms with Gasteiger partial charge in [-0.1, -0.05) is 79.7 Å². The molecule has 1 nitrogen and oxygen atoms in total. The second kappa shape index (κ2) is 6.37. The lowest BCUT2D eigenvalue weighted by Gasteiger charge is -2.14. The fourth-order valence-electron chi connectivity index (χ4n) is 3.32. The van der Waals surface area contributed by atoms with E-state index in [4.69, 9.17) is 4.74 Å². The van der Waals surface area contributed by atoms with Crippen LogP contribution in [0.2, 0.25) is 0 Å². The second-order valence-corrected chi connectivity index (χ2v) is 6.06. The third-order valence-electron chi connectivity index (χ3n) is 4.59. The SMILES string of the molecule is CCc1ccccc1COc1c2ccccc2cc2ccccc12. The molecule has 4 aromatic carbocycles. The largest absolute Gasteiger partial charge is 0.488 e. The molecule has 118 valence electrons. The van der Waals surface area contributed by atoms with E-state index < -0.39 is 0 Å². The summed E-state index contributed by atoms with van der Waals surface area (Å²) >= 11 is 0. The minimum atomic E-state index is 0.599. The topological polar surface area (TPSA) is 9.23 Å². The lowest BCUT2D eigenvalue weighted by molar-refractivity contribution is 0.312. The van der Waals surface area contributed by atoms with Gasteiger partial charge in [0.05, 0.1) is 0 Å². The number of hydrogen-bond donors (Lipinski definition) is 0. The predicted molar refractivity (Wildman–Crippen MR) is 102 cm³/mol. The first kappa shape index (κ1) is 14.8. The number of ether oxygens (including phenoxy) is 1. The Labute approximate surface area is 142 Å². The molecule has 0 aromatic heterocycles. The average Bonchev–Trinajstić information content (AvgIpc) is 2.65. The molecule has 4 rings (SSSR count). The van der Waals surface area contributed by atoms with Crippen molar-refractivity contribution in [2.45, 2.75) is 20.0 Å². The van der Waals surface area contributed by atoms with Crippen LogP contribution in [-0.2, 0) is 13.0 Å². The molecule has 0 heterocycles. The molecule has 0 spiro atoms. The molecule has 0 N–H and O–H groups in total. The molecular weight excluding hydrogens is 292 g/mol. The Morgan fingerprint density at radius 2 is 1.21 bits per heavy atom. The summed E-state index contributed by atoms with van der Waals surface area (Å²) < 4.78 is 6.36. The predicted octanol–water partition coefficient (Wildman–Crippen LogP) is 6.13. The van der Waals surface area contributed by atoms with E-state index in [0.29, 0.717) is 6.61 Å². The van der Waals surface area contributed by atoms with Crippen molar-refractivity contribution in [3.63, 3.8) is 0 Å². The minimum Gasteiger partial charge on any atom is -0.488 e. The van der Waals surface area contributed by atoms with Gasteiger partial charge in [0.1, 0.15) is 12.4 Å². The van der Waals surface area contributed by atoms with Crippen LogP contribution in [0.1, 0.15) is 18.1 Å². The smallest absolute Gasteiger partial charge is 0.135 e. The van der Waals surface area contributed by atoms with E-state index in [2.05, 4.69) is 85.8 Å². The second-order valence-electron chi connectivity index (χ2n) is 6.06. The van der Waals surface area contributed by atoms with Gasteiger partial charge in [-0.2, -0.15) is 0 Å². The Morgan fingerprint density at radius 3 is 1.83 bits per heavy atom. The number of benzene rings is 4. The van der Waals surface area contributed by atoms with E-state index in [-0.39, 0.29) is 0 Å². The monoisotopic (exact) mass is 312 g/mol. The van der Waals surface area contributed by atoms with Crippen molar-refractivity contribution < 1.29 is 4.74 Å². The first-order valence-electron chi connectivity index (χ1n) is 8.47. The zero-order chi connectivity index (χ0) is 16.4. The molecule has 0 radical (unpaired) electrons. The van der Waals surface area contributed by atoms with Crippen LogP contribution in [0.3, 0.4) is 0 Å². The van der Waals surface area contributed by atoms with E-state index in [1.807, 2.05) is 0 Å². The zero-order valence-electron chi connectivity index (χ0n) is 13.8. The average molecular weight is 312 g/mol. The van der Waals surface area contributed by atoms with Crippen molar-refractivity contribution in [3.05, 3.63) is 90.0 Å². The minimum absolute atomic E-state index is 0.599. The maximum Gasteiger partial charge on any atom is 0.135 e. The number of hydrogen-bond acceptors (Lipinski definition) is 1. The molecule has 0 saturated heterocycles. The first-order chi connectivity index (χ1) is 11.9. The van der Waals surface area contributed by atoms with Crippen LogP contribution in [-0.4, -0.2) is 0 Å². The van der Waals surface area contributed by atoms with Crippen LogP contribution < -0.4 is 4.74 Å². The molecule has 0 saturated carbocycles. The Morgan fingerprint density at radius 1 is 0.667 bits per heavy atom. The van der Waals surface area contributed by atoms with Crippen LogP contribution in [0.5, 0.6) is 5.75 Å². The first-order valence-corrected chi connectivity index (χ1v) is 8.47. The molecule has 4 aromatic rings. The summed E-state index contributed by atoms with van der Waals surface area (Å²) in [6.45, 7) is 2.79. The molecule has 0 aliphatic rings. The number of aryl methyl sites for hydroxylation is 1. The number of fused-ring (bicyclic) bond motifs is 2. The lowest BCUT2D eigenvalue weighted by atomic mass is 10.0. The molecule has 24 heavy (non-hydrogen) atoms. The van der Waals surface area contributed by atoms with E-state index in [9.17, 15) is 0 Å². The lowest BCUT2D eigenvalue weighted by Crippen LogP contribution is -2.00. The highest BCUT2D eigenvalue weighted by Gasteiger charge is 2.09. The van der Waals surface area contributed by atoms with Crippen molar-refractivity contribution in [1.82, 2.24) is 0 Å². The summed E-state index contributed by atoms with van der Waals surface area (Å²) in [5.74, 6) is 0.981. The fourth-order valence-corrected chi connectivity index (χ4v) is 3.32. The van der Waals surface area contributed by atoms with Crippen molar-refractivity contribution in [1.29, 1.82) is 0 Å². The van der Waals surface area contributed by atoms with Gasteiger partial charge in [-0.25, -0.2) is 0 Å². The Kier molecular flexibility index (Phi) is 3.92. The van der Waals surface area contributed by atoms with Gasteiger partial charge in [-0.3, -0.25) is 0 Å². The Balaban J connectivity index is 1.82. The molecule has 0 bridgehead atoms. The van der Waals surface area contributed by atoms with Gasteiger partial charge in [0.25, 0.3) is 0 Å². The van der Waals surface area contributed by atoms with E-state index in [1.165, 1.54) is 32.7 Å². The Hall–Kier alpha value is -2.80. The van der Waals surface area contributed by atoms with Crippen molar-refractivity contribution in [2.24, 2.45) is 0 Å². The van der Waals surface area contributed by atoms with E-state index >= 15 is 0 Å².